The molecule has 0 bridgehead atoms. The Hall–Kier alpha value is -2.08. The molecule has 1 N–H and O–H groups in total. The number of aliphatic carboxylic acids is 1. The van der Waals surface area contributed by atoms with Gasteiger partial charge < -0.3 is 14.6 Å². The number of ether oxygens (including phenoxy) is 2. The van der Waals surface area contributed by atoms with Crippen molar-refractivity contribution < 1.29 is 24.2 Å². The summed E-state index contributed by atoms with van der Waals surface area (Å²) in [6, 6.07) is 8.18. The summed E-state index contributed by atoms with van der Waals surface area (Å²) in [6.07, 6.45) is -0.691. The molecule has 1 amide bonds. The monoisotopic (exact) mass is 279 g/mol. The van der Waals surface area contributed by atoms with Crippen molar-refractivity contribution in [2.75, 3.05) is 6.61 Å². The molecule has 6 nitrogen and oxygen atoms in total. The number of benzene rings is 1. The zero-order valence-electron chi connectivity index (χ0n) is 11.4. The minimum atomic E-state index is -1.10. The first-order chi connectivity index (χ1) is 9.42. The van der Waals surface area contributed by atoms with Crippen LogP contribution >= 0.6 is 0 Å². The van der Waals surface area contributed by atoms with Crippen molar-refractivity contribution in [1.29, 1.82) is 0 Å². The first-order valence-electron chi connectivity index (χ1n) is 6.28. The van der Waals surface area contributed by atoms with Gasteiger partial charge in [-0.2, -0.15) is 0 Å². The fraction of sp³-hybridized carbons (Fsp3) is 0.429. The van der Waals surface area contributed by atoms with Crippen LogP contribution in [0, 0.1) is 0 Å². The molecule has 1 atom stereocenters. The minimum Gasteiger partial charge on any atom is -0.480 e. The third kappa shape index (κ3) is 2.91. The van der Waals surface area contributed by atoms with Gasteiger partial charge in [0.1, 0.15) is 12.3 Å². The Morgan fingerprint density at radius 1 is 1.40 bits per heavy atom. The first-order valence-corrected chi connectivity index (χ1v) is 6.28. The molecule has 1 aliphatic rings. The maximum Gasteiger partial charge on any atom is 0.413 e. The van der Waals surface area contributed by atoms with Gasteiger partial charge in [0.2, 0.25) is 0 Å². The van der Waals surface area contributed by atoms with E-state index in [0.29, 0.717) is 0 Å². The van der Waals surface area contributed by atoms with E-state index in [2.05, 4.69) is 0 Å². The average molecular weight is 279 g/mol. The largest absolute Gasteiger partial charge is 0.480 e. The second kappa shape index (κ2) is 5.50. The van der Waals surface area contributed by atoms with Crippen LogP contribution in [0.2, 0.25) is 0 Å². The topological polar surface area (TPSA) is 76.1 Å². The van der Waals surface area contributed by atoms with E-state index < -0.39 is 23.8 Å². The number of hydrogen-bond acceptors (Lipinski definition) is 4. The number of carboxylic acids is 1. The third-order valence-corrected chi connectivity index (χ3v) is 3.17. The number of amides is 1. The summed E-state index contributed by atoms with van der Waals surface area (Å²) in [5, 5.41) is 9.12. The fourth-order valence-corrected chi connectivity index (χ4v) is 2.12. The Morgan fingerprint density at radius 3 is 2.65 bits per heavy atom. The second-order valence-electron chi connectivity index (χ2n) is 5.02. The Kier molecular flexibility index (Phi) is 3.94. The summed E-state index contributed by atoms with van der Waals surface area (Å²) >= 11 is 0. The molecule has 1 aromatic carbocycles. The van der Waals surface area contributed by atoms with E-state index in [1.54, 1.807) is 13.8 Å². The van der Waals surface area contributed by atoms with Crippen molar-refractivity contribution in [1.82, 2.24) is 4.90 Å². The number of carboxylic acid groups (broad SMARTS) is 1. The molecule has 1 aliphatic heterocycles. The van der Waals surface area contributed by atoms with Gasteiger partial charge in [-0.25, -0.2) is 9.59 Å². The number of hydrogen-bond donors (Lipinski definition) is 1. The lowest BCUT2D eigenvalue weighted by Crippen LogP contribution is -2.50. The molecule has 1 aromatic rings. The van der Waals surface area contributed by atoms with Crippen molar-refractivity contribution in [3.05, 3.63) is 35.9 Å². The Morgan fingerprint density at radius 2 is 2.05 bits per heavy atom. The summed E-state index contributed by atoms with van der Waals surface area (Å²) in [5.41, 5.74) is -0.151. The lowest BCUT2D eigenvalue weighted by Gasteiger charge is -2.31. The first kappa shape index (κ1) is 14.3. The van der Waals surface area contributed by atoms with Crippen LogP contribution in [0.15, 0.2) is 30.3 Å². The Balaban J connectivity index is 2.04. The smallest absolute Gasteiger partial charge is 0.413 e. The maximum absolute atomic E-state index is 12.1. The molecule has 1 fully saturated rings. The number of carbonyl (C=O) groups is 2. The Labute approximate surface area is 116 Å². The number of carbonyl (C=O) groups excluding carboxylic acids is 1. The summed E-state index contributed by atoms with van der Waals surface area (Å²) in [4.78, 5) is 24.4. The van der Waals surface area contributed by atoms with Gasteiger partial charge in [-0.3, -0.25) is 4.90 Å². The van der Waals surface area contributed by atoms with Crippen LogP contribution in [0.1, 0.15) is 19.4 Å². The molecule has 6 heteroatoms. The predicted molar refractivity (Wildman–Crippen MR) is 69.9 cm³/mol. The van der Waals surface area contributed by atoms with Gasteiger partial charge >= 0.3 is 12.1 Å². The van der Waals surface area contributed by atoms with Gasteiger partial charge in [-0.1, -0.05) is 30.3 Å². The lowest BCUT2D eigenvalue weighted by molar-refractivity contribution is -0.142. The van der Waals surface area contributed by atoms with E-state index >= 15 is 0 Å². The fourth-order valence-electron chi connectivity index (χ4n) is 2.12. The highest BCUT2D eigenvalue weighted by Gasteiger charge is 2.48. The molecular formula is C14H17NO5. The van der Waals surface area contributed by atoms with Crippen molar-refractivity contribution in [3.8, 4) is 0 Å². The van der Waals surface area contributed by atoms with Crippen molar-refractivity contribution in [2.45, 2.75) is 32.2 Å². The molecule has 0 unspecified atom stereocenters. The van der Waals surface area contributed by atoms with E-state index in [9.17, 15) is 9.59 Å². The van der Waals surface area contributed by atoms with Crippen molar-refractivity contribution >= 4 is 12.1 Å². The average Bonchev–Trinajstić information content (AvgIpc) is 2.73. The van der Waals surface area contributed by atoms with E-state index in [1.165, 1.54) is 0 Å². The van der Waals surface area contributed by atoms with Crippen molar-refractivity contribution in [2.24, 2.45) is 0 Å². The molecule has 1 heterocycles. The molecule has 0 spiro atoms. The van der Waals surface area contributed by atoms with E-state index in [1.807, 2.05) is 30.3 Å². The summed E-state index contributed by atoms with van der Waals surface area (Å²) < 4.78 is 10.5. The molecule has 0 saturated carbocycles. The highest BCUT2D eigenvalue weighted by molar-refractivity contribution is 5.81. The van der Waals surface area contributed by atoms with Gasteiger partial charge in [-0.15, -0.1) is 0 Å². The molecule has 0 aliphatic carbocycles. The predicted octanol–water partition coefficient (Wildman–Crippen LogP) is 1.84. The van der Waals surface area contributed by atoms with Gasteiger partial charge in [0, 0.05) is 0 Å². The normalized spacial score (nSPS) is 20.7. The molecule has 20 heavy (non-hydrogen) atoms. The van der Waals surface area contributed by atoms with Crippen LogP contribution in [0.3, 0.4) is 0 Å². The second-order valence-corrected chi connectivity index (χ2v) is 5.02. The highest BCUT2D eigenvalue weighted by Crippen LogP contribution is 2.28. The molecule has 2 rings (SSSR count). The van der Waals surface area contributed by atoms with Crippen molar-refractivity contribution in [3.63, 3.8) is 0 Å². The standard InChI is InChI=1S/C14H17NO5/c1-14(2)15(11(9-20-14)12(16)17)13(18)19-8-10-6-4-3-5-7-10/h3-7,11H,8-9H2,1-2H3,(H,16,17)/t11-/m1/s1. The molecule has 0 aromatic heterocycles. The van der Waals surface area contributed by atoms with E-state index in [4.69, 9.17) is 14.6 Å². The zero-order valence-corrected chi connectivity index (χ0v) is 11.4. The van der Waals surface area contributed by atoms with Crippen LogP contribution in [-0.2, 0) is 20.9 Å². The SMILES string of the molecule is CC1(C)OC[C@H](C(=O)O)N1C(=O)OCc1ccccc1. The third-order valence-electron chi connectivity index (χ3n) is 3.17. The summed E-state index contributed by atoms with van der Waals surface area (Å²) in [5.74, 6) is -1.10. The van der Waals surface area contributed by atoms with Crippen LogP contribution < -0.4 is 0 Å². The van der Waals surface area contributed by atoms with Crippen LogP contribution in [-0.4, -0.2) is 40.4 Å². The molecular weight excluding hydrogens is 262 g/mol. The minimum absolute atomic E-state index is 0.0389. The Bertz CT molecular complexity index is 500. The van der Waals surface area contributed by atoms with E-state index in [0.717, 1.165) is 10.5 Å². The van der Waals surface area contributed by atoms with Gasteiger partial charge in [-0.05, 0) is 19.4 Å². The number of rotatable bonds is 3. The lowest BCUT2D eigenvalue weighted by atomic mass is 10.2. The maximum atomic E-state index is 12.1. The summed E-state index contributed by atoms with van der Waals surface area (Å²) in [7, 11) is 0. The highest BCUT2D eigenvalue weighted by atomic mass is 16.6. The summed E-state index contributed by atoms with van der Waals surface area (Å²) in [6.45, 7) is 3.33. The van der Waals surface area contributed by atoms with Crippen LogP contribution in [0.25, 0.3) is 0 Å². The number of nitrogens with zero attached hydrogens (tertiary/aromatic N) is 1. The van der Waals surface area contributed by atoms with Crippen LogP contribution in [0.4, 0.5) is 4.79 Å². The molecule has 0 radical (unpaired) electrons. The van der Waals surface area contributed by atoms with Gasteiger partial charge in [0.15, 0.2) is 6.04 Å². The molecule has 108 valence electrons. The van der Waals surface area contributed by atoms with Gasteiger partial charge in [0.05, 0.1) is 6.61 Å². The van der Waals surface area contributed by atoms with Crippen LogP contribution in [0.5, 0.6) is 0 Å². The molecule has 1 saturated heterocycles. The van der Waals surface area contributed by atoms with E-state index in [-0.39, 0.29) is 13.2 Å². The quantitative estimate of drug-likeness (QED) is 0.913. The van der Waals surface area contributed by atoms with Gasteiger partial charge in [0.25, 0.3) is 0 Å². The zero-order chi connectivity index (χ0) is 14.8.